The Labute approximate surface area is 106 Å². The first kappa shape index (κ1) is 12.2. The molecule has 1 heterocycles. The van der Waals surface area contributed by atoms with Gasteiger partial charge in [-0.25, -0.2) is 4.98 Å². The second kappa shape index (κ2) is 5.89. The van der Waals surface area contributed by atoms with Crippen LogP contribution in [0, 0.1) is 11.8 Å². The van der Waals surface area contributed by atoms with E-state index in [1.54, 1.807) is 19.6 Å². The van der Waals surface area contributed by atoms with Crippen molar-refractivity contribution >= 4 is 0 Å². The lowest BCUT2D eigenvalue weighted by atomic mass is 10.1. The van der Waals surface area contributed by atoms with Gasteiger partial charge in [0.05, 0.1) is 13.4 Å². The van der Waals surface area contributed by atoms with Gasteiger partial charge in [0.2, 0.25) is 0 Å². The van der Waals surface area contributed by atoms with Crippen molar-refractivity contribution in [2.75, 3.05) is 13.7 Å². The third kappa shape index (κ3) is 2.90. The third-order valence-electron chi connectivity index (χ3n) is 2.53. The molecule has 1 aromatic heterocycles. The number of nitrogens with zero attached hydrogens (tertiary/aromatic N) is 2. The van der Waals surface area contributed by atoms with E-state index in [0.717, 1.165) is 16.9 Å². The van der Waals surface area contributed by atoms with Gasteiger partial charge in [-0.1, -0.05) is 11.8 Å². The highest BCUT2D eigenvalue weighted by atomic mass is 16.5. The van der Waals surface area contributed by atoms with Crippen LogP contribution in [0.2, 0.25) is 0 Å². The number of benzene rings is 1. The number of aliphatic hydroxyl groups excluding tert-OH is 1. The largest absolute Gasteiger partial charge is 0.497 e. The lowest BCUT2D eigenvalue weighted by Gasteiger charge is -2.08. The van der Waals surface area contributed by atoms with Crippen molar-refractivity contribution in [1.29, 1.82) is 0 Å². The summed E-state index contributed by atoms with van der Waals surface area (Å²) in [5.74, 6) is 6.39. The Bertz CT molecular complexity index is 565. The van der Waals surface area contributed by atoms with E-state index in [1.807, 2.05) is 29.0 Å². The molecule has 0 aliphatic rings. The highest BCUT2D eigenvalue weighted by Crippen LogP contribution is 2.18. The van der Waals surface area contributed by atoms with Crippen LogP contribution in [-0.4, -0.2) is 28.4 Å². The Morgan fingerprint density at radius 2 is 2.33 bits per heavy atom. The van der Waals surface area contributed by atoms with Crippen molar-refractivity contribution in [2.24, 2.45) is 0 Å². The van der Waals surface area contributed by atoms with Crippen molar-refractivity contribution in [3.8, 4) is 17.6 Å². The maximum atomic E-state index is 8.76. The van der Waals surface area contributed by atoms with Crippen LogP contribution >= 0.6 is 0 Å². The fraction of sp³-hybridized carbons (Fsp3) is 0.214. The summed E-state index contributed by atoms with van der Waals surface area (Å²) in [6.45, 7) is 0.531. The van der Waals surface area contributed by atoms with Crippen LogP contribution in [0.25, 0.3) is 0 Å². The summed E-state index contributed by atoms with van der Waals surface area (Å²) in [7, 11) is 1.63. The van der Waals surface area contributed by atoms with Gasteiger partial charge in [-0.05, 0) is 23.8 Å². The lowest BCUT2D eigenvalue weighted by molar-refractivity contribution is 0.350. The zero-order valence-corrected chi connectivity index (χ0v) is 10.1. The third-order valence-corrected chi connectivity index (χ3v) is 2.53. The predicted octanol–water partition coefficient (Wildman–Crippen LogP) is 1.28. The minimum Gasteiger partial charge on any atom is -0.497 e. The SMILES string of the molecule is COc1ccc(C#CCO)c(Cn2ccnc2)c1. The molecule has 0 unspecified atom stereocenters. The monoisotopic (exact) mass is 242 g/mol. The molecule has 92 valence electrons. The van der Waals surface area contributed by atoms with Gasteiger partial charge in [-0.15, -0.1) is 0 Å². The molecule has 0 amide bonds. The van der Waals surface area contributed by atoms with Crippen LogP contribution in [0.3, 0.4) is 0 Å². The molecule has 1 aromatic carbocycles. The zero-order valence-electron chi connectivity index (χ0n) is 10.1. The Morgan fingerprint density at radius 1 is 1.44 bits per heavy atom. The summed E-state index contributed by atoms with van der Waals surface area (Å²) in [6, 6.07) is 5.70. The van der Waals surface area contributed by atoms with E-state index in [1.165, 1.54) is 0 Å². The second-order valence-electron chi connectivity index (χ2n) is 3.72. The molecule has 0 radical (unpaired) electrons. The van der Waals surface area contributed by atoms with Crippen molar-refractivity contribution in [2.45, 2.75) is 6.54 Å². The van der Waals surface area contributed by atoms with Crippen LogP contribution in [0.5, 0.6) is 5.75 Å². The average molecular weight is 242 g/mol. The van der Waals surface area contributed by atoms with Crippen molar-refractivity contribution in [3.63, 3.8) is 0 Å². The van der Waals surface area contributed by atoms with Crippen molar-refractivity contribution in [1.82, 2.24) is 9.55 Å². The summed E-state index contributed by atoms with van der Waals surface area (Å²) >= 11 is 0. The first-order valence-corrected chi connectivity index (χ1v) is 5.56. The first-order valence-electron chi connectivity index (χ1n) is 5.56. The number of hydrogen-bond acceptors (Lipinski definition) is 3. The van der Waals surface area contributed by atoms with Gasteiger partial charge >= 0.3 is 0 Å². The van der Waals surface area contributed by atoms with E-state index in [9.17, 15) is 0 Å². The molecular weight excluding hydrogens is 228 g/mol. The molecule has 4 nitrogen and oxygen atoms in total. The Balaban J connectivity index is 2.34. The number of hydrogen-bond donors (Lipinski definition) is 1. The molecule has 2 aromatic rings. The minimum atomic E-state index is -0.142. The van der Waals surface area contributed by atoms with Crippen LogP contribution < -0.4 is 4.74 Å². The smallest absolute Gasteiger partial charge is 0.119 e. The van der Waals surface area contributed by atoms with Gasteiger partial charge in [0.25, 0.3) is 0 Å². The summed E-state index contributed by atoms with van der Waals surface area (Å²) in [6.07, 6.45) is 5.38. The topological polar surface area (TPSA) is 47.3 Å². The summed E-state index contributed by atoms with van der Waals surface area (Å²) < 4.78 is 7.17. The molecule has 18 heavy (non-hydrogen) atoms. The van der Waals surface area contributed by atoms with E-state index in [0.29, 0.717) is 6.54 Å². The highest BCUT2D eigenvalue weighted by molar-refractivity contribution is 5.45. The van der Waals surface area contributed by atoms with Crippen LogP contribution in [-0.2, 0) is 6.54 Å². The van der Waals surface area contributed by atoms with E-state index in [4.69, 9.17) is 9.84 Å². The van der Waals surface area contributed by atoms with E-state index >= 15 is 0 Å². The summed E-state index contributed by atoms with van der Waals surface area (Å²) in [4.78, 5) is 4.01. The van der Waals surface area contributed by atoms with E-state index in [2.05, 4.69) is 16.8 Å². The van der Waals surface area contributed by atoms with Crippen LogP contribution in [0.1, 0.15) is 11.1 Å². The minimum absolute atomic E-state index is 0.142. The molecule has 0 saturated carbocycles. The summed E-state index contributed by atoms with van der Waals surface area (Å²) in [5, 5.41) is 8.76. The average Bonchev–Trinajstić information content (AvgIpc) is 2.90. The van der Waals surface area contributed by atoms with Gasteiger partial charge in [0.15, 0.2) is 0 Å². The Morgan fingerprint density at radius 3 is 3.00 bits per heavy atom. The molecular formula is C14H14N2O2. The van der Waals surface area contributed by atoms with Crippen molar-refractivity contribution < 1.29 is 9.84 Å². The second-order valence-corrected chi connectivity index (χ2v) is 3.72. The molecule has 0 fully saturated rings. The lowest BCUT2D eigenvalue weighted by Crippen LogP contribution is -2.00. The highest BCUT2D eigenvalue weighted by Gasteiger charge is 2.03. The molecule has 0 atom stereocenters. The van der Waals surface area contributed by atoms with E-state index in [-0.39, 0.29) is 6.61 Å². The standard InChI is InChI=1S/C14H14N2O2/c1-18-14-5-4-12(3-2-8-17)13(9-14)10-16-7-6-15-11-16/h4-7,9,11,17H,8,10H2,1H3. The summed E-state index contributed by atoms with van der Waals surface area (Å²) in [5.41, 5.74) is 1.92. The van der Waals surface area contributed by atoms with Gasteiger partial charge in [-0.2, -0.15) is 0 Å². The quantitative estimate of drug-likeness (QED) is 0.825. The number of rotatable bonds is 3. The molecule has 0 aliphatic heterocycles. The number of imidazole rings is 1. The molecule has 2 rings (SSSR count). The molecule has 4 heteroatoms. The molecule has 0 bridgehead atoms. The normalized spacial score (nSPS) is 9.67. The molecule has 0 saturated heterocycles. The van der Waals surface area contributed by atoms with Gasteiger partial charge in [0.1, 0.15) is 12.4 Å². The molecule has 1 N–H and O–H groups in total. The number of aromatic nitrogens is 2. The number of aliphatic hydroxyl groups is 1. The zero-order chi connectivity index (χ0) is 12.8. The van der Waals surface area contributed by atoms with Crippen molar-refractivity contribution in [3.05, 3.63) is 48.0 Å². The Hall–Kier alpha value is -2.25. The number of ether oxygens (including phenoxy) is 1. The number of methoxy groups -OCH3 is 1. The maximum Gasteiger partial charge on any atom is 0.119 e. The maximum absolute atomic E-state index is 8.76. The molecule has 0 aliphatic carbocycles. The van der Waals surface area contributed by atoms with Crippen LogP contribution in [0.4, 0.5) is 0 Å². The predicted molar refractivity (Wildman–Crippen MR) is 68.3 cm³/mol. The first-order chi connectivity index (χ1) is 8.83. The van der Waals surface area contributed by atoms with E-state index < -0.39 is 0 Å². The fourth-order valence-electron chi connectivity index (χ4n) is 1.66. The fourth-order valence-corrected chi connectivity index (χ4v) is 1.66. The van der Waals surface area contributed by atoms with Gasteiger partial charge in [-0.3, -0.25) is 0 Å². The van der Waals surface area contributed by atoms with Gasteiger partial charge < -0.3 is 14.4 Å². The Kier molecular flexibility index (Phi) is 4.00. The molecule has 0 spiro atoms. The van der Waals surface area contributed by atoms with Crippen LogP contribution in [0.15, 0.2) is 36.9 Å². The van der Waals surface area contributed by atoms with Gasteiger partial charge in [0, 0.05) is 24.5 Å².